The second-order valence-electron chi connectivity index (χ2n) is 5.26. The third-order valence-corrected chi connectivity index (χ3v) is 3.67. The second kappa shape index (κ2) is 9.07. The van der Waals surface area contributed by atoms with Gasteiger partial charge in [-0.15, -0.1) is 0 Å². The molecule has 2 unspecified atom stereocenters. The van der Waals surface area contributed by atoms with E-state index in [1.54, 1.807) is 37.4 Å². The molecular formula is C16H23NO6. The fourth-order valence-corrected chi connectivity index (χ4v) is 2.41. The van der Waals surface area contributed by atoms with E-state index >= 15 is 0 Å². The number of carbonyl (C=O) groups excluding carboxylic acids is 1. The van der Waals surface area contributed by atoms with Gasteiger partial charge in [-0.05, 0) is 7.05 Å². The van der Waals surface area contributed by atoms with Crippen LogP contribution < -0.4 is 5.32 Å². The molecule has 1 fully saturated rings. The number of Topliss-reactive ketones (excluding diaryl/α,β-unsaturated/α-hetero) is 1. The summed E-state index contributed by atoms with van der Waals surface area (Å²) in [6.07, 6.45) is -3.80. The third kappa shape index (κ3) is 4.57. The van der Waals surface area contributed by atoms with Crippen LogP contribution in [0.15, 0.2) is 30.3 Å². The Morgan fingerprint density at radius 2 is 2.09 bits per heavy atom. The summed E-state index contributed by atoms with van der Waals surface area (Å²) in [6, 6.07) is 8.65. The van der Waals surface area contributed by atoms with Crippen LogP contribution in [0, 0.1) is 0 Å². The van der Waals surface area contributed by atoms with Crippen LogP contribution in [0.2, 0.25) is 0 Å². The molecule has 1 saturated heterocycles. The van der Waals surface area contributed by atoms with Crippen LogP contribution in [0.1, 0.15) is 10.4 Å². The number of ketones is 1. The zero-order valence-electron chi connectivity index (χ0n) is 13.1. The smallest absolute Gasteiger partial charge is 0.194 e. The molecule has 0 aliphatic carbocycles. The molecule has 4 atom stereocenters. The van der Waals surface area contributed by atoms with Crippen molar-refractivity contribution in [3.8, 4) is 0 Å². The Morgan fingerprint density at radius 3 is 2.74 bits per heavy atom. The Hall–Kier alpha value is -1.35. The van der Waals surface area contributed by atoms with E-state index in [1.165, 1.54) is 0 Å². The first-order valence-corrected chi connectivity index (χ1v) is 7.56. The zero-order valence-corrected chi connectivity index (χ0v) is 13.1. The molecule has 0 bridgehead atoms. The topological polar surface area (TPSA) is 97.2 Å². The molecule has 3 N–H and O–H groups in total. The number of aliphatic hydroxyl groups is 2. The summed E-state index contributed by atoms with van der Waals surface area (Å²) < 4.78 is 16.2. The molecule has 7 nitrogen and oxygen atoms in total. The largest absolute Gasteiger partial charge is 0.394 e. The van der Waals surface area contributed by atoms with Gasteiger partial charge in [0, 0.05) is 12.1 Å². The van der Waals surface area contributed by atoms with Crippen molar-refractivity contribution in [1.82, 2.24) is 5.32 Å². The van der Waals surface area contributed by atoms with Crippen LogP contribution in [-0.2, 0) is 14.2 Å². The van der Waals surface area contributed by atoms with Gasteiger partial charge in [-0.25, -0.2) is 0 Å². The first-order chi connectivity index (χ1) is 11.2. The maximum absolute atomic E-state index is 12.6. The number of nitrogens with one attached hydrogen (secondary N) is 1. The third-order valence-electron chi connectivity index (χ3n) is 3.67. The average Bonchev–Trinajstić information content (AvgIpc) is 2.91. The quantitative estimate of drug-likeness (QED) is 0.322. The molecule has 0 aromatic heterocycles. The first-order valence-electron chi connectivity index (χ1n) is 7.56. The minimum atomic E-state index is -1.09. The van der Waals surface area contributed by atoms with Crippen LogP contribution in [0.25, 0.3) is 0 Å². The van der Waals surface area contributed by atoms with Gasteiger partial charge in [0.15, 0.2) is 5.78 Å². The number of aliphatic hydroxyl groups excluding tert-OH is 2. The van der Waals surface area contributed by atoms with Gasteiger partial charge < -0.3 is 29.7 Å². The van der Waals surface area contributed by atoms with Crippen molar-refractivity contribution in [3.63, 3.8) is 0 Å². The van der Waals surface area contributed by atoms with Crippen molar-refractivity contribution in [1.29, 1.82) is 0 Å². The van der Waals surface area contributed by atoms with Crippen molar-refractivity contribution in [2.24, 2.45) is 0 Å². The lowest BCUT2D eigenvalue weighted by Gasteiger charge is -2.20. The lowest BCUT2D eigenvalue weighted by molar-refractivity contribution is -0.119. The van der Waals surface area contributed by atoms with E-state index < -0.39 is 24.4 Å². The summed E-state index contributed by atoms with van der Waals surface area (Å²) >= 11 is 0. The first kappa shape index (κ1) is 18.0. The Morgan fingerprint density at radius 1 is 1.35 bits per heavy atom. The SMILES string of the molecule is CNCCOCOC1C(O)[C@@H](CO)O[C@H]1C(=O)c1ccccc1. The number of rotatable bonds is 9. The molecule has 1 aliphatic rings. The van der Waals surface area contributed by atoms with Gasteiger partial charge >= 0.3 is 0 Å². The fourth-order valence-electron chi connectivity index (χ4n) is 2.41. The molecule has 23 heavy (non-hydrogen) atoms. The second-order valence-corrected chi connectivity index (χ2v) is 5.26. The molecule has 128 valence electrons. The molecule has 0 amide bonds. The Kier molecular flexibility index (Phi) is 7.10. The van der Waals surface area contributed by atoms with Crippen LogP contribution in [0.4, 0.5) is 0 Å². The van der Waals surface area contributed by atoms with E-state index in [0.29, 0.717) is 18.7 Å². The minimum Gasteiger partial charge on any atom is -0.394 e. The molecule has 2 rings (SSSR count). The number of benzene rings is 1. The number of carbonyl (C=O) groups is 1. The molecule has 0 radical (unpaired) electrons. The molecule has 1 heterocycles. The normalized spacial score (nSPS) is 27.3. The van der Waals surface area contributed by atoms with Crippen molar-refractivity contribution in [2.75, 3.05) is 33.6 Å². The van der Waals surface area contributed by atoms with Crippen LogP contribution in [-0.4, -0.2) is 74.0 Å². The molecule has 1 aliphatic heterocycles. The van der Waals surface area contributed by atoms with Gasteiger partial charge in [-0.2, -0.15) is 0 Å². The van der Waals surface area contributed by atoms with E-state index in [9.17, 15) is 15.0 Å². The Bertz CT molecular complexity index is 483. The number of hydrogen-bond donors (Lipinski definition) is 3. The maximum atomic E-state index is 12.6. The molecule has 1 aromatic carbocycles. The highest BCUT2D eigenvalue weighted by Gasteiger charge is 2.47. The van der Waals surface area contributed by atoms with Crippen LogP contribution in [0.3, 0.4) is 0 Å². The van der Waals surface area contributed by atoms with E-state index in [0.717, 1.165) is 0 Å². The van der Waals surface area contributed by atoms with Gasteiger partial charge in [0.05, 0.1) is 13.2 Å². The number of ether oxygens (including phenoxy) is 3. The monoisotopic (exact) mass is 325 g/mol. The van der Waals surface area contributed by atoms with Gasteiger partial charge in [-0.3, -0.25) is 4.79 Å². The van der Waals surface area contributed by atoms with Gasteiger partial charge in [0.25, 0.3) is 0 Å². The van der Waals surface area contributed by atoms with Gasteiger partial charge in [0.1, 0.15) is 31.2 Å². The van der Waals surface area contributed by atoms with E-state index in [-0.39, 0.29) is 19.2 Å². The van der Waals surface area contributed by atoms with Crippen molar-refractivity contribution in [3.05, 3.63) is 35.9 Å². The van der Waals surface area contributed by atoms with E-state index in [1.807, 2.05) is 0 Å². The predicted octanol–water partition coefficient (Wildman–Crippen LogP) is -0.431. The molecular weight excluding hydrogens is 302 g/mol. The number of likely N-dealkylation sites (N-methyl/N-ethyl adjacent to an activating group) is 1. The summed E-state index contributed by atoms with van der Waals surface area (Å²) in [5.74, 6) is -0.291. The van der Waals surface area contributed by atoms with E-state index in [4.69, 9.17) is 14.2 Å². The molecule has 7 heteroatoms. The molecule has 0 saturated carbocycles. The van der Waals surface area contributed by atoms with Gasteiger partial charge in [-0.1, -0.05) is 30.3 Å². The predicted molar refractivity (Wildman–Crippen MR) is 82.1 cm³/mol. The van der Waals surface area contributed by atoms with Crippen molar-refractivity contribution < 1.29 is 29.2 Å². The van der Waals surface area contributed by atoms with Crippen molar-refractivity contribution >= 4 is 5.78 Å². The lowest BCUT2D eigenvalue weighted by Crippen LogP contribution is -2.40. The molecule has 0 spiro atoms. The summed E-state index contributed by atoms with van der Waals surface area (Å²) in [6.45, 7) is 0.656. The van der Waals surface area contributed by atoms with Crippen LogP contribution >= 0.6 is 0 Å². The highest BCUT2D eigenvalue weighted by Crippen LogP contribution is 2.26. The molecule has 1 aromatic rings. The summed E-state index contributed by atoms with van der Waals surface area (Å²) in [5.41, 5.74) is 0.466. The Balaban J connectivity index is 2.01. The lowest BCUT2D eigenvalue weighted by atomic mass is 10.00. The fraction of sp³-hybridized carbons (Fsp3) is 0.562. The summed E-state index contributed by atoms with van der Waals surface area (Å²) in [4.78, 5) is 12.6. The number of hydrogen-bond acceptors (Lipinski definition) is 7. The Labute approximate surface area is 135 Å². The van der Waals surface area contributed by atoms with Crippen molar-refractivity contribution in [2.45, 2.75) is 24.4 Å². The minimum absolute atomic E-state index is 0.0660. The highest BCUT2D eigenvalue weighted by atomic mass is 16.7. The zero-order chi connectivity index (χ0) is 16.7. The van der Waals surface area contributed by atoms with Crippen LogP contribution in [0.5, 0.6) is 0 Å². The summed E-state index contributed by atoms with van der Waals surface area (Å²) in [5, 5.41) is 22.4. The standard InChI is InChI=1S/C16H23NO6/c1-17-7-8-21-10-22-15-14(20)12(9-18)23-16(15)13(19)11-5-3-2-4-6-11/h2-6,12,14-18,20H,7-10H2,1H3/t12-,14?,15?,16+/m1/s1. The summed E-state index contributed by atoms with van der Waals surface area (Å²) in [7, 11) is 1.80. The maximum Gasteiger partial charge on any atom is 0.194 e. The van der Waals surface area contributed by atoms with Gasteiger partial charge in [0.2, 0.25) is 0 Å². The highest BCUT2D eigenvalue weighted by molar-refractivity contribution is 6.00. The average molecular weight is 325 g/mol. The van der Waals surface area contributed by atoms with E-state index in [2.05, 4.69) is 5.32 Å².